The van der Waals surface area contributed by atoms with E-state index in [1.54, 1.807) is 12.1 Å². The number of phenolic OH excluding ortho intramolecular Hbond substituents is 1. The lowest BCUT2D eigenvalue weighted by Gasteiger charge is -2.20. The molecule has 1 aliphatic carbocycles. The number of aromatic carboxylic acids is 1. The highest BCUT2D eigenvalue weighted by Gasteiger charge is 2.32. The maximum Gasteiger partial charge on any atom is 0.336 e. The first-order valence-corrected chi connectivity index (χ1v) is 15.7. The molecule has 232 valence electrons. The molecular formula is C29H23N3O11S2. The van der Waals surface area contributed by atoms with Gasteiger partial charge < -0.3 is 25.7 Å². The standard InChI is InChI=1S/C29H23N3O11S2/c30-21-9-7-18-23(19-8-10-22(31)27(45(40,41)42)25(19)43-24(18)26(21)44(37,38)39)17-6-3-15(13-20(17)29(35)36)28(34)32-12-11-14-1-4-16(33)5-2-14/h1-10,13,30,33H,11-12,31H2,(H,32,34)(H,35,36)(H,37,38,39)(H,40,41,42). The van der Waals surface area contributed by atoms with Crippen molar-refractivity contribution in [1.82, 2.24) is 5.32 Å². The predicted octanol–water partition coefficient (Wildman–Crippen LogP) is 3.14. The number of anilines is 1. The summed E-state index contributed by atoms with van der Waals surface area (Å²) in [7, 11) is -10.3. The molecule has 0 radical (unpaired) electrons. The zero-order valence-electron chi connectivity index (χ0n) is 22.8. The van der Waals surface area contributed by atoms with Crippen LogP contribution in [0.3, 0.4) is 0 Å². The maximum atomic E-state index is 12.9. The van der Waals surface area contributed by atoms with Crippen LogP contribution in [0.4, 0.5) is 5.69 Å². The van der Waals surface area contributed by atoms with Gasteiger partial charge in [-0.05, 0) is 66.1 Å². The Labute approximate surface area is 254 Å². The maximum absolute atomic E-state index is 12.9. The molecule has 1 aliphatic heterocycles. The van der Waals surface area contributed by atoms with Gasteiger partial charge in [0.15, 0.2) is 21.1 Å². The van der Waals surface area contributed by atoms with E-state index < -0.39 is 69.9 Å². The van der Waals surface area contributed by atoms with Gasteiger partial charge >= 0.3 is 5.97 Å². The molecule has 0 saturated carbocycles. The Kier molecular flexibility index (Phi) is 7.84. The van der Waals surface area contributed by atoms with Gasteiger partial charge in [0.05, 0.1) is 16.6 Å². The number of benzene rings is 4. The second kappa shape index (κ2) is 11.3. The summed E-state index contributed by atoms with van der Waals surface area (Å²) in [6, 6.07) is 14.5. The van der Waals surface area contributed by atoms with Crippen molar-refractivity contribution in [3.8, 4) is 28.2 Å². The zero-order valence-corrected chi connectivity index (χ0v) is 24.4. The Morgan fingerprint density at radius 2 is 1.51 bits per heavy atom. The van der Waals surface area contributed by atoms with Crippen molar-refractivity contribution in [3.05, 3.63) is 88.8 Å². The van der Waals surface area contributed by atoms with Crippen LogP contribution in [0, 0.1) is 5.41 Å². The number of nitrogens with two attached hydrogens (primary N) is 1. The number of carbonyl (C=O) groups is 2. The number of nitrogens with one attached hydrogen (secondary N) is 2. The summed E-state index contributed by atoms with van der Waals surface area (Å²) in [6.07, 6.45) is 0.411. The first-order valence-electron chi connectivity index (χ1n) is 12.8. The highest BCUT2D eigenvalue weighted by atomic mass is 32.2. The molecule has 16 heteroatoms. The molecular weight excluding hydrogens is 630 g/mol. The number of carboxylic acid groups (broad SMARTS) is 1. The Morgan fingerprint density at radius 3 is 2.13 bits per heavy atom. The van der Waals surface area contributed by atoms with Crippen molar-refractivity contribution in [2.45, 2.75) is 16.2 Å². The van der Waals surface area contributed by atoms with Crippen LogP contribution in [0.5, 0.6) is 5.75 Å². The van der Waals surface area contributed by atoms with Gasteiger partial charge in [0, 0.05) is 28.6 Å². The molecule has 3 aromatic carbocycles. The Balaban J connectivity index is 1.73. The zero-order chi connectivity index (χ0) is 32.8. The second-order valence-electron chi connectivity index (χ2n) is 9.84. The van der Waals surface area contributed by atoms with E-state index in [1.807, 2.05) is 0 Å². The number of phenols is 1. The average Bonchev–Trinajstić information content (AvgIpc) is 2.95. The minimum absolute atomic E-state index is 0.0500. The smallest absolute Gasteiger partial charge is 0.336 e. The second-order valence-corrected chi connectivity index (χ2v) is 12.6. The third-order valence-corrected chi connectivity index (χ3v) is 8.79. The van der Waals surface area contributed by atoms with E-state index in [2.05, 4.69) is 5.32 Å². The van der Waals surface area contributed by atoms with Gasteiger partial charge in [0.2, 0.25) is 0 Å². The SMILES string of the molecule is N=c1ccc2c(-c3ccc(C(=O)NCCc4ccc(O)cc4)cc3C(=O)O)c3ccc(N)c(S(=O)(=O)O)c3oc-2c1S(=O)(=O)O. The van der Waals surface area contributed by atoms with Crippen molar-refractivity contribution in [3.63, 3.8) is 0 Å². The molecule has 0 atom stereocenters. The quantitative estimate of drug-likeness (QED) is 0.0724. The molecule has 1 heterocycles. The van der Waals surface area contributed by atoms with Crippen molar-refractivity contribution in [2.24, 2.45) is 0 Å². The minimum atomic E-state index is -5.17. The highest BCUT2D eigenvalue weighted by Crippen LogP contribution is 2.45. The number of hydrogen-bond acceptors (Lipinski definition) is 10. The molecule has 0 bridgehead atoms. The van der Waals surface area contributed by atoms with Gasteiger partial charge in [0.1, 0.15) is 5.75 Å². The van der Waals surface area contributed by atoms with Crippen molar-refractivity contribution >= 4 is 48.8 Å². The van der Waals surface area contributed by atoms with Crippen molar-refractivity contribution in [2.75, 3.05) is 12.3 Å². The molecule has 14 nitrogen and oxygen atoms in total. The number of carbonyl (C=O) groups excluding carboxylic acids is 1. The van der Waals surface area contributed by atoms with Crippen molar-refractivity contribution in [1.29, 1.82) is 5.41 Å². The van der Waals surface area contributed by atoms with Crippen LogP contribution in [0.1, 0.15) is 26.3 Å². The summed E-state index contributed by atoms with van der Waals surface area (Å²) < 4.78 is 74.9. The lowest BCUT2D eigenvalue weighted by atomic mass is 9.89. The Morgan fingerprint density at radius 1 is 0.867 bits per heavy atom. The van der Waals surface area contributed by atoms with Crippen LogP contribution in [-0.2, 0) is 26.7 Å². The number of carboxylic acids is 1. The van der Waals surface area contributed by atoms with Gasteiger partial charge in [-0.3, -0.25) is 19.3 Å². The number of fused-ring (bicyclic) bond motifs is 2. The molecule has 1 amide bonds. The van der Waals surface area contributed by atoms with Crippen molar-refractivity contribution < 1.29 is 50.2 Å². The number of nitrogen functional groups attached to an aromatic ring is 1. The molecule has 0 aromatic heterocycles. The molecule has 8 N–H and O–H groups in total. The first-order chi connectivity index (χ1) is 21.1. The fourth-order valence-electron chi connectivity index (χ4n) is 4.96. The first kappa shape index (κ1) is 31.1. The predicted molar refractivity (Wildman–Crippen MR) is 159 cm³/mol. The minimum Gasteiger partial charge on any atom is -0.508 e. The highest BCUT2D eigenvalue weighted by molar-refractivity contribution is 7.86. The normalized spacial score (nSPS) is 12.0. The number of rotatable bonds is 8. The molecule has 3 aromatic rings. The Hall–Kier alpha value is -5.29. The van der Waals surface area contributed by atoms with Crippen LogP contribution in [0.25, 0.3) is 33.4 Å². The fourth-order valence-corrected chi connectivity index (χ4v) is 6.45. The molecule has 0 fully saturated rings. The molecule has 2 aliphatic rings. The van der Waals surface area contributed by atoms with E-state index in [9.17, 15) is 45.7 Å². The summed E-state index contributed by atoms with van der Waals surface area (Å²) in [5.41, 5.74) is 4.58. The topological polar surface area (TPSA) is 258 Å². The molecule has 5 rings (SSSR count). The summed E-state index contributed by atoms with van der Waals surface area (Å²) in [5.74, 6) is -2.75. The van der Waals surface area contributed by atoms with E-state index in [1.165, 1.54) is 36.4 Å². The van der Waals surface area contributed by atoms with Gasteiger partial charge in [0.25, 0.3) is 26.1 Å². The van der Waals surface area contributed by atoms with E-state index in [0.29, 0.717) is 6.42 Å². The van der Waals surface area contributed by atoms with Gasteiger partial charge in [-0.15, -0.1) is 0 Å². The molecule has 45 heavy (non-hydrogen) atoms. The van der Waals surface area contributed by atoms with Crippen LogP contribution < -0.4 is 16.4 Å². The summed E-state index contributed by atoms with van der Waals surface area (Å²) in [6.45, 7) is 0.178. The van der Waals surface area contributed by atoms with E-state index in [-0.39, 0.29) is 39.9 Å². The molecule has 0 unspecified atom stereocenters. The van der Waals surface area contributed by atoms with E-state index in [4.69, 9.17) is 15.6 Å². The van der Waals surface area contributed by atoms with Gasteiger partial charge in [-0.1, -0.05) is 18.2 Å². The lowest BCUT2D eigenvalue weighted by Crippen LogP contribution is -2.26. The van der Waals surface area contributed by atoms with Crippen LogP contribution >= 0.6 is 0 Å². The monoisotopic (exact) mass is 653 g/mol. The number of amides is 1. The van der Waals surface area contributed by atoms with Crippen LogP contribution in [0.2, 0.25) is 0 Å². The van der Waals surface area contributed by atoms with Crippen LogP contribution in [0.15, 0.2) is 80.9 Å². The Bertz CT molecular complexity index is 2280. The van der Waals surface area contributed by atoms with E-state index >= 15 is 0 Å². The summed E-state index contributed by atoms with van der Waals surface area (Å²) in [4.78, 5) is 23.5. The molecule has 0 spiro atoms. The molecule has 0 saturated heterocycles. The largest absolute Gasteiger partial charge is 0.508 e. The van der Waals surface area contributed by atoms with E-state index in [0.717, 1.165) is 23.8 Å². The average molecular weight is 654 g/mol. The third kappa shape index (κ3) is 5.94. The fraction of sp³-hybridized carbons (Fsp3) is 0.0690. The summed E-state index contributed by atoms with van der Waals surface area (Å²) >= 11 is 0. The number of hydrogen-bond donors (Lipinski definition) is 7. The van der Waals surface area contributed by atoms with Gasteiger partial charge in [-0.25, -0.2) is 4.79 Å². The number of aromatic hydroxyl groups is 1. The van der Waals surface area contributed by atoms with Gasteiger partial charge in [-0.2, -0.15) is 16.8 Å². The summed E-state index contributed by atoms with van der Waals surface area (Å²) in [5, 5.41) is 29.5. The van der Waals surface area contributed by atoms with Crippen LogP contribution in [-0.4, -0.2) is 54.6 Å². The lowest BCUT2D eigenvalue weighted by molar-refractivity contribution is 0.0697. The third-order valence-electron chi connectivity index (χ3n) is 6.93.